The van der Waals surface area contributed by atoms with Gasteiger partial charge in [-0.25, -0.2) is 0 Å². The molecule has 1 unspecified atom stereocenters. The molecule has 18 heavy (non-hydrogen) atoms. The fraction of sp³-hybridized carbons (Fsp3) is 0.286. The maximum Gasteiger partial charge on any atom is 0.0453 e. The van der Waals surface area contributed by atoms with Gasteiger partial charge in [-0.15, -0.1) is 11.3 Å². The summed E-state index contributed by atoms with van der Waals surface area (Å²) in [6.07, 6.45) is 0.865. The van der Waals surface area contributed by atoms with Gasteiger partial charge in [-0.2, -0.15) is 0 Å². The Balaban J connectivity index is 2.23. The van der Waals surface area contributed by atoms with Crippen molar-refractivity contribution < 1.29 is 0 Å². The molecule has 0 aliphatic heterocycles. The van der Waals surface area contributed by atoms with Crippen LogP contribution in [0.1, 0.15) is 22.0 Å². The first-order chi connectivity index (χ1) is 8.61. The first-order valence-electron chi connectivity index (χ1n) is 5.77. The maximum absolute atomic E-state index is 6.22. The molecule has 0 saturated carbocycles. The van der Waals surface area contributed by atoms with Crippen molar-refractivity contribution in [3.05, 3.63) is 55.7 Å². The highest BCUT2D eigenvalue weighted by Gasteiger charge is 2.15. The van der Waals surface area contributed by atoms with Crippen LogP contribution >= 0.6 is 34.5 Å². The van der Waals surface area contributed by atoms with Gasteiger partial charge in [0.05, 0.1) is 0 Å². The summed E-state index contributed by atoms with van der Waals surface area (Å²) in [5.41, 5.74) is 2.46. The molecule has 0 fully saturated rings. The van der Waals surface area contributed by atoms with Crippen LogP contribution in [0.4, 0.5) is 0 Å². The molecule has 4 heteroatoms. The fourth-order valence-corrected chi connectivity index (χ4v) is 3.28. The summed E-state index contributed by atoms with van der Waals surface area (Å²) < 4.78 is 0. The molecule has 96 valence electrons. The van der Waals surface area contributed by atoms with Gasteiger partial charge >= 0.3 is 0 Å². The van der Waals surface area contributed by atoms with Crippen molar-refractivity contribution in [2.24, 2.45) is 0 Å². The number of nitrogens with one attached hydrogen (secondary N) is 1. The Bertz CT molecular complexity index is 536. The van der Waals surface area contributed by atoms with E-state index in [1.54, 1.807) is 17.4 Å². The van der Waals surface area contributed by atoms with Crippen molar-refractivity contribution in [1.82, 2.24) is 5.32 Å². The molecule has 2 aromatic rings. The average molecular weight is 300 g/mol. The summed E-state index contributed by atoms with van der Waals surface area (Å²) in [5.74, 6) is 0. The quantitative estimate of drug-likeness (QED) is 0.849. The summed E-state index contributed by atoms with van der Waals surface area (Å²) >= 11 is 13.9. The van der Waals surface area contributed by atoms with Gasteiger partial charge in [-0.3, -0.25) is 0 Å². The van der Waals surface area contributed by atoms with E-state index in [9.17, 15) is 0 Å². The Morgan fingerprint density at radius 3 is 2.61 bits per heavy atom. The highest BCUT2D eigenvalue weighted by molar-refractivity contribution is 7.10. The largest absolute Gasteiger partial charge is 0.313 e. The zero-order chi connectivity index (χ0) is 13.1. The van der Waals surface area contributed by atoms with Crippen LogP contribution in [-0.2, 0) is 6.42 Å². The van der Waals surface area contributed by atoms with E-state index in [-0.39, 0.29) is 6.04 Å². The molecule has 0 aliphatic rings. The molecular weight excluding hydrogens is 285 g/mol. The lowest BCUT2D eigenvalue weighted by atomic mass is 10.00. The van der Waals surface area contributed by atoms with E-state index in [0.717, 1.165) is 17.0 Å². The summed E-state index contributed by atoms with van der Waals surface area (Å²) in [7, 11) is 1.98. The number of aryl methyl sites for hydroxylation is 1. The van der Waals surface area contributed by atoms with E-state index in [1.165, 1.54) is 10.4 Å². The van der Waals surface area contributed by atoms with Gasteiger partial charge in [0.1, 0.15) is 0 Å². The number of thiophene rings is 1. The van der Waals surface area contributed by atoms with Crippen LogP contribution in [0.25, 0.3) is 0 Å². The highest BCUT2D eigenvalue weighted by Crippen LogP contribution is 2.29. The first-order valence-corrected chi connectivity index (χ1v) is 7.40. The molecule has 0 aliphatic carbocycles. The lowest BCUT2D eigenvalue weighted by Gasteiger charge is -2.17. The number of benzene rings is 1. The van der Waals surface area contributed by atoms with Crippen molar-refractivity contribution >= 4 is 34.5 Å². The van der Waals surface area contributed by atoms with E-state index in [2.05, 4.69) is 23.7 Å². The number of hydrogen-bond donors (Lipinski definition) is 1. The first kappa shape index (κ1) is 13.9. The maximum atomic E-state index is 6.22. The smallest absolute Gasteiger partial charge is 0.0453 e. The second kappa shape index (κ2) is 6.07. The molecule has 1 nitrogen and oxygen atoms in total. The van der Waals surface area contributed by atoms with Crippen molar-refractivity contribution in [3.63, 3.8) is 0 Å². The third-order valence-electron chi connectivity index (χ3n) is 3.06. The predicted molar refractivity (Wildman–Crippen MR) is 81.0 cm³/mol. The highest BCUT2D eigenvalue weighted by atomic mass is 35.5. The van der Waals surface area contributed by atoms with E-state index in [0.29, 0.717) is 5.02 Å². The van der Waals surface area contributed by atoms with E-state index in [4.69, 9.17) is 23.2 Å². The zero-order valence-corrected chi connectivity index (χ0v) is 12.7. The topological polar surface area (TPSA) is 12.0 Å². The van der Waals surface area contributed by atoms with Crippen LogP contribution in [0.3, 0.4) is 0 Å². The standard InChI is InChI=1S/C14H15Cl2NS/c1-9-12(5-6-18-9)14(17-2)7-10-3-4-11(15)8-13(10)16/h3-6,8,14,17H,7H2,1-2H3. The van der Waals surface area contributed by atoms with Crippen LogP contribution in [0, 0.1) is 6.92 Å². The summed E-state index contributed by atoms with van der Waals surface area (Å²) in [4.78, 5) is 1.35. The third kappa shape index (κ3) is 3.07. The Labute approximate surface area is 122 Å². The van der Waals surface area contributed by atoms with Crippen molar-refractivity contribution in [2.75, 3.05) is 7.05 Å². The lowest BCUT2D eigenvalue weighted by Crippen LogP contribution is -2.19. The van der Waals surface area contributed by atoms with Crippen molar-refractivity contribution in [2.45, 2.75) is 19.4 Å². The SMILES string of the molecule is CNC(Cc1ccc(Cl)cc1Cl)c1ccsc1C. The summed E-state index contributed by atoms with van der Waals surface area (Å²) in [5, 5.41) is 6.88. The van der Waals surface area contributed by atoms with Crippen LogP contribution in [0.5, 0.6) is 0 Å². The monoisotopic (exact) mass is 299 g/mol. The van der Waals surface area contributed by atoms with Crippen molar-refractivity contribution in [3.8, 4) is 0 Å². The Kier molecular flexibility index (Phi) is 4.68. The number of rotatable bonds is 4. The Morgan fingerprint density at radius 2 is 2.06 bits per heavy atom. The normalized spacial score (nSPS) is 12.7. The molecule has 1 heterocycles. The Morgan fingerprint density at radius 1 is 1.28 bits per heavy atom. The zero-order valence-electron chi connectivity index (χ0n) is 10.3. The van der Waals surface area contributed by atoms with E-state index < -0.39 is 0 Å². The number of likely N-dealkylation sites (N-methyl/N-ethyl adjacent to an activating group) is 1. The molecule has 0 amide bonds. The number of halogens is 2. The predicted octanol–water partition coefficient (Wildman–Crippen LogP) is 4.87. The summed E-state index contributed by atoms with van der Waals surface area (Å²) in [6, 6.07) is 8.14. The minimum Gasteiger partial charge on any atom is -0.313 e. The molecule has 1 aromatic carbocycles. The van der Waals surface area contributed by atoms with Crippen LogP contribution in [0.2, 0.25) is 10.0 Å². The molecule has 0 bridgehead atoms. The molecular formula is C14H15Cl2NS. The van der Waals surface area contributed by atoms with Gasteiger partial charge in [0.25, 0.3) is 0 Å². The molecule has 0 radical (unpaired) electrons. The van der Waals surface area contributed by atoms with Crippen LogP contribution in [-0.4, -0.2) is 7.05 Å². The van der Waals surface area contributed by atoms with Gasteiger partial charge in [-0.05, 0) is 55.1 Å². The average Bonchev–Trinajstić information content (AvgIpc) is 2.75. The van der Waals surface area contributed by atoms with Gasteiger partial charge in [0, 0.05) is 21.0 Å². The second-order valence-corrected chi connectivity index (χ2v) is 6.18. The lowest BCUT2D eigenvalue weighted by molar-refractivity contribution is 0.591. The van der Waals surface area contributed by atoms with Crippen molar-refractivity contribution in [1.29, 1.82) is 0 Å². The molecule has 0 saturated heterocycles. The fourth-order valence-electron chi connectivity index (χ4n) is 2.03. The van der Waals surface area contributed by atoms with Crippen LogP contribution < -0.4 is 5.32 Å². The van der Waals surface area contributed by atoms with Gasteiger partial charge in [-0.1, -0.05) is 29.3 Å². The number of hydrogen-bond acceptors (Lipinski definition) is 2. The second-order valence-electron chi connectivity index (χ2n) is 4.21. The third-order valence-corrected chi connectivity index (χ3v) is 4.51. The summed E-state index contributed by atoms with van der Waals surface area (Å²) in [6.45, 7) is 2.15. The molecule has 0 spiro atoms. The van der Waals surface area contributed by atoms with E-state index in [1.807, 2.05) is 19.2 Å². The van der Waals surface area contributed by atoms with E-state index >= 15 is 0 Å². The van der Waals surface area contributed by atoms with Gasteiger partial charge < -0.3 is 5.32 Å². The van der Waals surface area contributed by atoms with Gasteiger partial charge in [0.15, 0.2) is 0 Å². The Hall–Kier alpha value is -0.540. The molecule has 1 N–H and O–H groups in total. The van der Waals surface area contributed by atoms with Crippen LogP contribution in [0.15, 0.2) is 29.6 Å². The van der Waals surface area contributed by atoms with Gasteiger partial charge in [0.2, 0.25) is 0 Å². The molecule has 2 rings (SSSR count). The minimum atomic E-state index is 0.287. The minimum absolute atomic E-state index is 0.287. The molecule has 1 atom stereocenters. The molecule has 1 aromatic heterocycles.